The fraction of sp³-hybridized carbons (Fsp3) is 0.417. The van der Waals surface area contributed by atoms with E-state index in [0.29, 0.717) is 10.6 Å². The number of hydrogen-bond acceptors (Lipinski definition) is 1. The quantitative estimate of drug-likeness (QED) is 0.808. The zero-order chi connectivity index (χ0) is 13.3. The van der Waals surface area contributed by atoms with Crippen molar-refractivity contribution in [3.63, 3.8) is 0 Å². The number of carbonyl (C=O) groups excluding carboxylic acids is 1. The number of benzene rings is 1. The maximum absolute atomic E-state index is 13.0. The average molecular weight is 339 g/mol. The van der Waals surface area contributed by atoms with Gasteiger partial charge in [-0.1, -0.05) is 27.5 Å². The molecule has 0 unspecified atom stereocenters. The van der Waals surface area contributed by atoms with Crippen LogP contribution >= 0.6 is 27.5 Å². The number of amides is 1. The van der Waals surface area contributed by atoms with E-state index in [-0.39, 0.29) is 25.3 Å². The Balaban J connectivity index is 2.06. The summed E-state index contributed by atoms with van der Waals surface area (Å²) < 4.78 is 26.8. The summed E-state index contributed by atoms with van der Waals surface area (Å²) in [6, 6.07) is 5.17. The van der Waals surface area contributed by atoms with Crippen LogP contribution in [-0.4, -0.2) is 29.8 Å². The van der Waals surface area contributed by atoms with E-state index in [1.807, 2.05) is 0 Å². The molecule has 2 nitrogen and oxygen atoms in total. The van der Waals surface area contributed by atoms with Gasteiger partial charge in [-0.2, -0.15) is 0 Å². The SMILES string of the molecule is O=C(Cc1cc(Br)ccc1Cl)N1CCC(F)(F)C1. The van der Waals surface area contributed by atoms with E-state index in [4.69, 9.17) is 11.6 Å². The van der Waals surface area contributed by atoms with Gasteiger partial charge in [0.2, 0.25) is 5.91 Å². The third-order valence-electron chi connectivity index (χ3n) is 2.87. The smallest absolute Gasteiger partial charge is 0.267 e. The molecule has 0 bridgehead atoms. The molecule has 18 heavy (non-hydrogen) atoms. The van der Waals surface area contributed by atoms with Crippen LogP contribution in [0.25, 0.3) is 0 Å². The second-order valence-electron chi connectivity index (χ2n) is 4.33. The molecule has 0 atom stereocenters. The monoisotopic (exact) mass is 337 g/mol. The highest BCUT2D eigenvalue weighted by molar-refractivity contribution is 9.10. The Morgan fingerprint density at radius 1 is 1.50 bits per heavy atom. The molecule has 1 fully saturated rings. The lowest BCUT2D eigenvalue weighted by Gasteiger charge is -2.16. The average Bonchev–Trinajstić information content (AvgIpc) is 2.64. The molecule has 98 valence electrons. The molecule has 1 aliphatic heterocycles. The summed E-state index contributed by atoms with van der Waals surface area (Å²) in [6.45, 7) is -0.380. The molecule has 0 N–H and O–H groups in total. The Morgan fingerprint density at radius 3 is 2.83 bits per heavy atom. The molecule has 2 rings (SSSR count). The molecule has 1 aromatic rings. The van der Waals surface area contributed by atoms with Gasteiger partial charge in [-0.25, -0.2) is 8.78 Å². The highest BCUT2D eigenvalue weighted by Gasteiger charge is 2.40. The highest BCUT2D eigenvalue weighted by Crippen LogP contribution is 2.28. The maximum Gasteiger partial charge on any atom is 0.267 e. The van der Waals surface area contributed by atoms with Crippen molar-refractivity contribution >= 4 is 33.4 Å². The third kappa shape index (κ3) is 3.20. The second kappa shape index (κ2) is 5.13. The summed E-state index contributed by atoms with van der Waals surface area (Å²) in [5.41, 5.74) is 0.645. The second-order valence-corrected chi connectivity index (χ2v) is 5.66. The summed E-state index contributed by atoms with van der Waals surface area (Å²) >= 11 is 9.25. The van der Waals surface area contributed by atoms with Gasteiger partial charge in [0.25, 0.3) is 5.92 Å². The van der Waals surface area contributed by atoms with Gasteiger partial charge in [0, 0.05) is 22.5 Å². The Kier molecular flexibility index (Phi) is 3.92. The van der Waals surface area contributed by atoms with E-state index in [9.17, 15) is 13.6 Å². The molecule has 1 heterocycles. The fourth-order valence-corrected chi connectivity index (χ4v) is 2.50. The van der Waals surface area contributed by atoms with Crippen LogP contribution in [0.15, 0.2) is 22.7 Å². The van der Waals surface area contributed by atoms with Crippen LogP contribution in [0.2, 0.25) is 5.02 Å². The fourth-order valence-electron chi connectivity index (χ4n) is 1.90. The molecule has 0 saturated carbocycles. The van der Waals surface area contributed by atoms with Gasteiger partial charge in [0.15, 0.2) is 0 Å². The first-order valence-corrected chi connectivity index (χ1v) is 6.64. The van der Waals surface area contributed by atoms with Crippen molar-refractivity contribution in [2.45, 2.75) is 18.8 Å². The summed E-state index contributed by atoms with van der Waals surface area (Å²) in [5.74, 6) is -3.07. The van der Waals surface area contributed by atoms with E-state index in [2.05, 4.69) is 15.9 Å². The van der Waals surface area contributed by atoms with Crippen molar-refractivity contribution in [2.24, 2.45) is 0 Å². The van der Waals surface area contributed by atoms with E-state index in [0.717, 1.165) is 4.47 Å². The lowest BCUT2D eigenvalue weighted by Crippen LogP contribution is -2.32. The Labute approximate surface area is 117 Å². The summed E-state index contributed by atoms with van der Waals surface area (Å²) in [7, 11) is 0. The predicted octanol–water partition coefficient (Wildman–Crippen LogP) is 3.51. The molecule has 1 amide bonds. The van der Waals surface area contributed by atoms with Gasteiger partial charge in [0.1, 0.15) is 0 Å². The summed E-state index contributed by atoms with van der Waals surface area (Å²) in [5, 5.41) is 0.470. The Morgan fingerprint density at radius 2 is 2.22 bits per heavy atom. The molecule has 1 aliphatic rings. The minimum atomic E-state index is -2.75. The van der Waals surface area contributed by atoms with Gasteiger partial charge < -0.3 is 4.90 Å². The van der Waals surface area contributed by atoms with Gasteiger partial charge >= 0.3 is 0 Å². The standard InChI is InChI=1S/C12H11BrClF2NO/c13-9-1-2-10(14)8(5-9)6-11(18)17-4-3-12(15,16)7-17/h1-2,5H,3-4,6-7H2. The topological polar surface area (TPSA) is 20.3 Å². The van der Waals surface area contributed by atoms with Crippen LogP contribution in [-0.2, 0) is 11.2 Å². The number of nitrogens with zero attached hydrogens (tertiary/aromatic N) is 1. The van der Waals surface area contributed by atoms with Crippen LogP contribution in [0, 0.1) is 0 Å². The van der Waals surface area contributed by atoms with Crippen molar-refractivity contribution in [3.8, 4) is 0 Å². The first-order chi connectivity index (χ1) is 8.37. The van der Waals surface area contributed by atoms with Crippen LogP contribution in [0.4, 0.5) is 8.78 Å². The number of alkyl halides is 2. The predicted molar refractivity (Wildman–Crippen MR) is 69.0 cm³/mol. The zero-order valence-electron chi connectivity index (χ0n) is 9.43. The van der Waals surface area contributed by atoms with Gasteiger partial charge in [0.05, 0.1) is 13.0 Å². The minimum absolute atomic E-state index is 0.0500. The highest BCUT2D eigenvalue weighted by atomic mass is 79.9. The van der Waals surface area contributed by atoms with E-state index < -0.39 is 12.5 Å². The molecule has 0 aliphatic carbocycles. The number of halogens is 4. The van der Waals surface area contributed by atoms with Crippen molar-refractivity contribution in [3.05, 3.63) is 33.3 Å². The number of likely N-dealkylation sites (tertiary alicyclic amines) is 1. The van der Waals surface area contributed by atoms with E-state index >= 15 is 0 Å². The number of carbonyl (C=O) groups is 1. The molecule has 0 radical (unpaired) electrons. The molecule has 0 aromatic heterocycles. The number of hydrogen-bond donors (Lipinski definition) is 0. The molecule has 1 saturated heterocycles. The van der Waals surface area contributed by atoms with Gasteiger partial charge in [-0.15, -0.1) is 0 Å². The maximum atomic E-state index is 13.0. The third-order valence-corrected chi connectivity index (χ3v) is 3.73. The molecular formula is C12H11BrClF2NO. The minimum Gasteiger partial charge on any atom is -0.336 e. The van der Waals surface area contributed by atoms with Crippen molar-refractivity contribution in [2.75, 3.05) is 13.1 Å². The molecule has 1 aromatic carbocycles. The van der Waals surface area contributed by atoms with E-state index in [1.165, 1.54) is 4.90 Å². The molecule has 6 heteroatoms. The lowest BCUT2D eigenvalue weighted by atomic mass is 10.1. The van der Waals surface area contributed by atoms with E-state index in [1.54, 1.807) is 18.2 Å². The van der Waals surface area contributed by atoms with Crippen LogP contribution in [0.1, 0.15) is 12.0 Å². The Hall–Kier alpha value is -0.680. The van der Waals surface area contributed by atoms with Crippen molar-refractivity contribution in [1.29, 1.82) is 0 Å². The Bertz CT molecular complexity index is 481. The van der Waals surface area contributed by atoms with Crippen molar-refractivity contribution < 1.29 is 13.6 Å². The van der Waals surface area contributed by atoms with Crippen molar-refractivity contribution in [1.82, 2.24) is 4.90 Å². The van der Waals surface area contributed by atoms with Crippen LogP contribution in [0.5, 0.6) is 0 Å². The van der Waals surface area contributed by atoms with Crippen LogP contribution < -0.4 is 0 Å². The first-order valence-electron chi connectivity index (χ1n) is 5.47. The van der Waals surface area contributed by atoms with Gasteiger partial charge in [-0.05, 0) is 23.8 Å². The zero-order valence-corrected chi connectivity index (χ0v) is 11.8. The number of rotatable bonds is 2. The lowest BCUT2D eigenvalue weighted by molar-refractivity contribution is -0.130. The normalized spacial score (nSPS) is 18.1. The summed E-state index contributed by atoms with van der Waals surface area (Å²) in [4.78, 5) is 13.1. The largest absolute Gasteiger partial charge is 0.336 e. The molecular weight excluding hydrogens is 327 g/mol. The first kappa shape index (κ1) is 13.7. The van der Waals surface area contributed by atoms with Gasteiger partial charge in [-0.3, -0.25) is 4.79 Å². The van der Waals surface area contributed by atoms with Crippen LogP contribution in [0.3, 0.4) is 0 Å². The summed E-state index contributed by atoms with van der Waals surface area (Å²) in [6.07, 6.45) is -0.209. The molecule has 0 spiro atoms.